The number of anilines is 1. The smallest absolute Gasteiger partial charge is 0.264 e. The maximum absolute atomic E-state index is 13.9. The zero-order valence-electron chi connectivity index (χ0n) is 23.0. The third-order valence-corrected chi connectivity index (χ3v) is 8.01. The quantitative estimate of drug-likeness (QED) is 0.358. The molecule has 0 aliphatic carbocycles. The fourth-order valence-electron chi connectivity index (χ4n) is 3.85. The Labute approximate surface area is 239 Å². The molecular formula is C29H33ClFN3O5S. The van der Waals surface area contributed by atoms with Gasteiger partial charge in [0.1, 0.15) is 24.2 Å². The lowest BCUT2D eigenvalue weighted by atomic mass is 10.1. The topological polar surface area (TPSA) is 96.0 Å². The third-order valence-electron chi connectivity index (χ3n) is 5.97. The van der Waals surface area contributed by atoms with Crippen LogP contribution < -0.4 is 14.4 Å². The Balaban J connectivity index is 2.03. The van der Waals surface area contributed by atoms with E-state index in [2.05, 4.69) is 5.32 Å². The molecule has 3 rings (SSSR count). The number of hydrogen-bond acceptors (Lipinski definition) is 5. The molecule has 8 nitrogen and oxygen atoms in total. The average Bonchev–Trinajstić information content (AvgIpc) is 2.90. The van der Waals surface area contributed by atoms with Gasteiger partial charge in [-0.2, -0.15) is 0 Å². The molecule has 1 atom stereocenters. The number of nitrogens with one attached hydrogen (secondary N) is 1. The van der Waals surface area contributed by atoms with E-state index in [-0.39, 0.29) is 17.1 Å². The lowest BCUT2D eigenvalue weighted by Gasteiger charge is -2.33. The number of rotatable bonds is 10. The first kappa shape index (κ1) is 30.9. The molecule has 0 aliphatic heterocycles. The van der Waals surface area contributed by atoms with E-state index in [4.69, 9.17) is 16.3 Å². The minimum Gasteiger partial charge on any atom is -0.497 e. The molecule has 214 valence electrons. The van der Waals surface area contributed by atoms with Crippen molar-refractivity contribution in [2.24, 2.45) is 0 Å². The number of ether oxygens (including phenoxy) is 1. The standard InChI is InChI=1S/C29H33ClFN3O5S/c1-20(28(36)32-29(2,3)4)33(18-21-6-10-23(31)11-7-21)27(35)19-34(24-12-8-22(30)9-13-24)40(37,38)26-16-14-25(39-5)15-17-26/h6-17,20H,18-19H2,1-5H3,(H,32,36). The van der Waals surface area contributed by atoms with E-state index in [0.29, 0.717) is 16.3 Å². The number of nitrogens with zero attached hydrogens (tertiary/aromatic N) is 2. The summed E-state index contributed by atoms with van der Waals surface area (Å²) in [5.74, 6) is -1.02. The van der Waals surface area contributed by atoms with E-state index >= 15 is 0 Å². The molecule has 0 bridgehead atoms. The number of hydrogen-bond donors (Lipinski definition) is 1. The van der Waals surface area contributed by atoms with Crippen LogP contribution in [0, 0.1) is 5.82 Å². The first-order valence-corrected chi connectivity index (χ1v) is 14.3. The van der Waals surface area contributed by atoms with Gasteiger partial charge in [-0.05, 0) is 93.9 Å². The lowest BCUT2D eigenvalue weighted by Crippen LogP contribution is -2.54. The lowest BCUT2D eigenvalue weighted by molar-refractivity contribution is -0.140. The molecule has 2 amide bonds. The fourth-order valence-corrected chi connectivity index (χ4v) is 5.39. The largest absolute Gasteiger partial charge is 0.497 e. The molecule has 0 saturated carbocycles. The summed E-state index contributed by atoms with van der Waals surface area (Å²) in [7, 11) is -2.77. The van der Waals surface area contributed by atoms with Crippen molar-refractivity contribution in [2.75, 3.05) is 18.0 Å². The molecule has 0 radical (unpaired) electrons. The maximum atomic E-state index is 13.9. The second-order valence-corrected chi connectivity index (χ2v) is 12.5. The molecule has 0 aromatic heterocycles. The summed E-state index contributed by atoms with van der Waals surface area (Å²) in [6.45, 7) is 6.35. The van der Waals surface area contributed by atoms with Gasteiger partial charge in [0.05, 0.1) is 17.7 Å². The van der Waals surface area contributed by atoms with Crippen LogP contribution >= 0.6 is 11.6 Å². The highest BCUT2D eigenvalue weighted by molar-refractivity contribution is 7.92. The first-order chi connectivity index (χ1) is 18.7. The summed E-state index contributed by atoms with van der Waals surface area (Å²) in [6.07, 6.45) is 0. The molecule has 3 aromatic carbocycles. The van der Waals surface area contributed by atoms with E-state index in [1.165, 1.54) is 84.8 Å². The summed E-state index contributed by atoms with van der Waals surface area (Å²) < 4.78 is 47.3. The van der Waals surface area contributed by atoms with Gasteiger partial charge in [-0.1, -0.05) is 23.7 Å². The first-order valence-electron chi connectivity index (χ1n) is 12.5. The Morgan fingerprint density at radius 1 is 0.975 bits per heavy atom. The highest BCUT2D eigenvalue weighted by Gasteiger charge is 2.33. The Morgan fingerprint density at radius 2 is 1.55 bits per heavy atom. The second kappa shape index (κ2) is 12.7. The van der Waals surface area contributed by atoms with Crippen molar-refractivity contribution >= 4 is 39.1 Å². The van der Waals surface area contributed by atoms with Gasteiger partial charge in [-0.3, -0.25) is 13.9 Å². The summed E-state index contributed by atoms with van der Waals surface area (Å²) in [4.78, 5) is 28.2. The Morgan fingerprint density at radius 3 is 2.08 bits per heavy atom. The van der Waals surface area contributed by atoms with Gasteiger partial charge in [-0.15, -0.1) is 0 Å². The molecule has 0 spiro atoms. The molecule has 0 heterocycles. The van der Waals surface area contributed by atoms with Crippen LogP contribution in [-0.4, -0.2) is 50.4 Å². The van der Waals surface area contributed by atoms with Gasteiger partial charge in [0, 0.05) is 17.1 Å². The highest BCUT2D eigenvalue weighted by atomic mass is 35.5. The van der Waals surface area contributed by atoms with Crippen molar-refractivity contribution in [3.63, 3.8) is 0 Å². The molecule has 1 unspecified atom stereocenters. The molecule has 1 N–H and O–H groups in total. The molecule has 11 heteroatoms. The van der Waals surface area contributed by atoms with Crippen molar-refractivity contribution in [3.8, 4) is 5.75 Å². The number of sulfonamides is 1. The van der Waals surface area contributed by atoms with E-state index in [1.54, 1.807) is 6.92 Å². The zero-order chi connectivity index (χ0) is 29.7. The van der Waals surface area contributed by atoms with Crippen LogP contribution in [0.4, 0.5) is 10.1 Å². The molecular weight excluding hydrogens is 557 g/mol. The van der Waals surface area contributed by atoms with E-state index in [9.17, 15) is 22.4 Å². The van der Waals surface area contributed by atoms with Gasteiger partial charge in [0.25, 0.3) is 10.0 Å². The van der Waals surface area contributed by atoms with Gasteiger partial charge in [0.15, 0.2) is 0 Å². The van der Waals surface area contributed by atoms with Crippen LogP contribution in [0.3, 0.4) is 0 Å². The predicted octanol–water partition coefficient (Wildman–Crippen LogP) is 5.02. The van der Waals surface area contributed by atoms with Crippen LogP contribution in [0.15, 0.2) is 77.7 Å². The summed E-state index contributed by atoms with van der Waals surface area (Å²) >= 11 is 6.04. The van der Waals surface area contributed by atoms with Crippen molar-refractivity contribution in [1.29, 1.82) is 0 Å². The number of benzene rings is 3. The molecule has 0 saturated heterocycles. The Bertz CT molecular complexity index is 1420. The third kappa shape index (κ3) is 7.95. The molecule has 0 aliphatic rings. The minimum absolute atomic E-state index is 0.0467. The number of carbonyl (C=O) groups is 2. The number of amides is 2. The van der Waals surface area contributed by atoms with Crippen LogP contribution in [0.25, 0.3) is 0 Å². The number of carbonyl (C=O) groups excluding carboxylic acids is 2. The normalized spacial score (nSPS) is 12.4. The van der Waals surface area contributed by atoms with Crippen LogP contribution in [0.5, 0.6) is 5.75 Å². The molecule has 40 heavy (non-hydrogen) atoms. The summed E-state index contributed by atoms with van der Waals surface area (Å²) in [5, 5.41) is 3.25. The predicted molar refractivity (Wildman–Crippen MR) is 153 cm³/mol. The van der Waals surface area contributed by atoms with E-state index in [1.807, 2.05) is 20.8 Å². The summed E-state index contributed by atoms with van der Waals surface area (Å²) in [5.41, 5.74) is 0.214. The van der Waals surface area contributed by atoms with Crippen LogP contribution in [0.2, 0.25) is 5.02 Å². The monoisotopic (exact) mass is 589 g/mol. The van der Waals surface area contributed by atoms with E-state index < -0.39 is 45.8 Å². The van der Waals surface area contributed by atoms with Crippen molar-refractivity contribution in [3.05, 3.63) is 89.2 Å². The average molecular weight is 590 g/mol. The van der Waals surface area contributed by atoms with Crippen molar-refractivity contribution < 1.29 is 27.1 Å². The van der Waals surface area contributed by atoms with Crippen molar-refractivity contribution in [2.45, 2.75) is 50.7 Å². The molecule has 0 fully saturated rings. The summed E-state index contributed by atoms with van der Waals surface area (Å²) in [6, 6.07) is 16.4. The van der Waals surface area contributed by atoms with Gasteiger partial charge < -0.3 is 15.0 Å². The maximum Gasteiger partial charge on any atom is 0.264 e. The Hall–Kier alpha value is -3.63. The SMILES string of the molecule is COc1ccc(S(=O)(=O)N(CC(=O)N(Cc2ccc(F)cc2)C(C)C(=O)NC(C)(C)C)c2ccc(Cl)cc2)cc1. The van der Waals surface area contributed by atoms with Gasteiger partial charge in [0.2, 0.25) is 11.8 Å². The molecule has 3 aromatic rings. The number of methoxy groups -OCH3 is 1. The minimum atomic E-state index is -4.24. The Kier molecular flexibility index (Phi) is 9.81. The van der Waals surface area contributed by atoms with Crippen LogP contribution in [-0.2, 0) is 26.2 Å². The van der Waals surface area contributed by atoms with Gasteiger partial charge >= 0.3 is 0 Å². The van der Waals surface area contributed by atoms with Crippen molar-refractivity contribution in [1.82, 2.24) is 10.2 Å². The van der Waals surface area contributed by atoms with E-state index in [0.717, 1.165) is 4.31 Å². The van der Waals surface area contributed by atoms with Crippen LogP contribution in [0.1, 0.15) is 33.3 Å². The highest BCUT2D eigenvalue weighted by Crippen LogP contribution is 2.27. The van der Waals surface area contributed by atoms with Gasteiger partial charge in [-0.25, -0.2) is 12.8 Å². The second-order valence-electron chi connectivity index (χ2n) is 10.2. The number of halogens is 2. The zero-order valence-corrected chi connectivity index (χ0v) is 24.6. The fraction of sp³-hybridized carbons (Fsp3) is 0.310.